The standard InChI is InChI=1S/C14H18FNO/c1-2-12-7-13(14(15)8-16-12)11-5-3-10(9-17)4-6-11/h5,7-8,10,17H,2-4,6,9H2,1H3. The zero-order valence-electron chi connectivity index (χ0n) is 10.1. The van der Waals surface area contributed by atoms with Gasteiger partial charge in [0, 0.05) is 17.9 Å². The maximum absolute atomic E-state index is 13.7. The molecule has 0 amide bonds. The summed E-state index contributed by atoms with van der Waals surface area (Å²) < 4.78 is 13.7. The monoisotopic (exact) mass is 235 g/mol. The van der Waals surface area contributed by atoms with Crippen LogP contribution in [0.25, 0.3) is 5.57 Å². The first kappa shape index (κ1) is 12.2. The van der Waals surface area contributed by atoms with E-state index in [9.17, 15) is 4.39 Å². The average molecular weight is 235 g/mol. The minimum atomic E-state index is -0.240. The molecule has 0 aromatic carbocycles. The van der Waals surface area contributed by atoms with Gasteiger partial charge in [-0.2, -0.15) is 0 Å². The van der Waals surface area contributed by atoms with E-state index in [-0.39, 0.29) is 12.4 Å². The lowest BCUT2D eigenvalue weighted by Crippen LogP contribution is -2.10. The molecule has 0 saturated carbocycles. The van der Waals surface area contributed by atoms with Gasteiger partial charge in [-0.15, -0.1) is 0 Å². The summed E-state index contributed by atoms with van der Waals surface area (Å²) in [6, 6.07) is 1.85. The summed E-state index contributed by atoms with van der Waals surface area (Å²) in [5, 5.41) is 9.07. The largest absolute Gasteiger partial charge is 0.396 e. The smallest absolute Gasteiger partial charge is 0.148 e. The number of halogens is 1. The van der Waals surface area contributed by atoms with Crippen LogP contribution in [0.3, 0.4) is 0 Å². The van der Waals surface area contributed by atoms with Crippen LogP contribution in [0.1, 0.15) is 37.4 Å². The van der Waals surface area contributed by atoms with Crippen LogP contribution in [0.2, 0.25) is 0 Å². The highest BCUT2D eigenvalue weighted by atomic mass is 19.1. The van der Waals surface area contributed by atoms with E-state index >= 15 is 0 Å². The molecule has 1 aromatic heterocycles. The highest BCUT2D eigenvalue weighted by Crippen LogP contribution is 2.31. The van der Waals surface area contributed by atoms with Crippen LogP contribution in [0.4, 0.5) is 4.39 Å². The Kier molecular flexibility index (Phi) is 3.89. The molecule has 2 rings (SSSR count). The molecule has 1 aliphatic rings. The number of rotatable bonds is 3. The number of allylic oxidation sites excluding steroid dienone is 2. The van der Waals surface area contributed by atoms with Crippen LogP contribution in [0.15, 0.2) is 18.3 Å². The van der Waals surface area contributed by atoms with Gasteiger partial charge >= 0.3 is 0 Å². The summed E-state index contributed by atoms with van der Waals surface area (Å²) in [5.74, 6) is 0.102. The molecule has 1 N–H and O–H groups in total. The third-order valence-corrected chi connectivity index (χ3v) is 3.40. The molecule has 1 heterocycles. The van der Waals surface area contributed by atoms with Crippen molar-refractivity contribution >= 4 is 5.57 Å². The second-order valence-electron chi connectivity index (χ2n) is 4.56. The van der Waals surface area contributed by atoms with Crippen molar-refractivity contribution in [1.29, 1.82) is 0 Å². The van der Waals surface area contributed by atoms with E-state index in [1.54, 1.807) is 0 Å². The Labute approximate surface area is 101 Å². The van der Waals surface area contributed by atoms with Gasteiger partial charge in [0.05, 0.1) is 6.20 Å². The Balaban J connectivity index is 2.25. The lowest BCUT2D eigenvalue weighted by Gasteiger charge is -2.20. The third kappa shape index (κ3) is 2.72. The highest BCUT2D eigenvalue weighted by Gasteiger charge is 2.17. The topological polar surface area (TPSA) is 33.1 Å². The molecular formula is C14H18FNO. The number of aliphatic hydroxyl groups excluding tert-OH is 1. The lowest BCUT2D eigenvalue weighted by molar-refractivity contribution is 0.218. The van der Waals surface area contributed by atoms with Crippen molar-refractivity contribution in [3.63, 3.8) is 0 Å². The molecule has 0 fully saturated rings. The molecule has 1 unspecified atom stereocenters. The van der Waals surface area contributed by atoms with Crippen molar-refractivity contribution in [1.82, 2.24) is 4.98 Å². The van der Waals surface area contributed by atoms with E-state index in [1.165, 1.54) is 6.20 Å². The molecular weight excluding hydrogens is 217 g/mol. The lowest BCUT2D eigenvalue weighted by atomic mass is 9.87. The van der Waals surface area contributed by atoms with Gasteiger partial charge in [0.15, 0.2) is 0 Å². The number of pyridine rings is 1. The van der Waals surface area contributed by atoms with Gasteiger partial charge in [-0.1, -0.05) is 13.0 Å². The van der Waals surface area contributed by atoms with E-state index in [0.29, 0.717) is 11.5 Å². The van der Waals surface area contributed by atoms with Crippen molar-refractivity contribution in [2.45, 2.75) is 32.6 Å². The zero-order chi connectivity index (χ0) is 12.3. The van der Waals surface area contributed by atoms with Gasteiger partial charge < -0.3 is 5.11 Å². The molecule has 2 nitrogen and oxygen atoms in total. The Bertz CT molecular complexity index is 428. The summed E-state index contributed by atoms with van der Waals surface area (Å²) in [6.45, 7) is 2.24. The van der Waals surface area contributed by atoms with E-state index in [4.69, 9.17) is 5.11 Å². The quantitative estimate of drug-likeness (QED) is 0.873. The fourth-order valence-electron chi connectivity index (χ4n) is 2.22. The first-order valence-corrected chi connectivity index (χ1v) is 6.19. The maximum atomic E-state index is 13.7. The summed E-state index contributed by atoms with van der Waals surface area (Å²) in [5.41, 5.74) is 2.67. The van der Waals surface area contributed by atoms with E-state index < -0.39 is 0 Å². The number of aryl methyl sites for hydroxylation is 1. The minimum Gasteiger partial charge on any atom is -0.396 e. The Morgan fingerprint density at radius 1 is 1.53 bits per heavy atom. The van der Waals surface area contributed by atoms with Crippen LogP contribution in [-0.2, 0) is 6.42 Å². The molecule has 1 atom stereocenters. The van der Waals surface area contributed by atoms with Gasteiger partial charge in [-0.25, -0.2) is 4.39 Å². The molecule has 1 aromatic rings. The van der Waals surface area contributed by atoms with Crippen molar-refractivity contribution in [3.8, 4) is 0 Å². The molecule has 0 aliphatic heterocycles. The summed E-state index contributed by atoms with van der Waals surface area (Å²) in [7, 11) is 0. The Hall–Kier alpha value is -1.22. The van der Waals surface area contributed by atoms with Crippen LogP contribution in [-0.4, -0.2) is 16.7 Å². The fraction of sp³-hybridized carbons (Fsp3) is 0.500. The van der Waals surface area contributed by atoms with Gasteiger partial charge in [0.25, 0.3) is 0 Å². The van der Waals surface area contributed by atoms with E-state index in [1.807, 2.05) is 13.0 Å². The molecule has 0 bridgehead atoms. The average Bonchev–Trinajstić information content (AvgIpc) is 2.39. The van der Waals surface area contributed by atoms with Crippen molar-refractivity contribution < 1.29 is 9.50 Å². The Morgan fingerprint density at radius 3 is 2.94 bits per heavy atom. The molecule has 92 valence electrons. The first-order valence-electron chi connectivity index (χ1n) is 6.19. The Morgan fingerprint density at radius 2 is 2.35 bits per heavy atom. The first-order chi connectivity index (χ1) is 8.24. The molecule has 0 saturated heterocycles. The van der Waals surface area contributed by atoms with Gasteiger partial charge in [0.2, 0.25) is 0 Å². The highest BCUT2D eigenvalue weighted by molar-refractivity contribution is 5.66. The molecule has 0 spiro atoms. The predicted octanol–water partition coefficient (Wildman–Crippen LogP) is 2.96. The number of aromatic nitrogens is 1. The molecule has 0 radical (unpaired) electrons. The fourth-order valence-corrected chi connectivity index (χ4v) is 2.22. The van der Waals surface area contributed by atoms with Crippen molar-refractivity contribution in [3.05, 3.63) is 35.4 Å². The number of hydrogen-bond acceptors (Lipinski definition) is 2. The van der Waals surface area contributed by atoms with Gasteiger partial charge in [0.1, 0.15) is 5.82 Å². The second-order valence-corrected chi connectivity index (χ2v) is 4.56. The summed E-state index contributed by atoms with van der Waals surface area (Å²) >= 11 is 0. The number of nitrogens with zero attached hydrogens (tertiary/aromatic N) is 1. The SMILES string of the molecule is CCc1cc(C2=CCC(CO)CC2)c(F)cn1. The van der Waals surface area contributed by atoms with Gasteiger partial charge in [-0.05, 0) is 43.2 Å². The van der Waals surface area contributed by atoms with Gasteiger partial charge in [-0.3, -0.25) is 4.98 Å². The van der Waals surface area contributed by atoms with Crippen LogP contribution >= 0.6 is 0 Å². The normalized spacial score (nSPS) is 20.2. The minimum absolute atomic E-state index is 0.225. The third-order valence-electron chi connectivity index (χ3n) is 3.40. The maximum Gasteiger partial charge on any atom is 0.148 e. The summed E-state index contributed by atoms with van der Waals surface area (Å²) in [6.07, 6.45) is 6.81. The molecule has 17 heavy (non-hydrogen) atoms. The zero-order valence-corrected chi connectivity index (χ0v) is 10.1. The van der Waals surface area contributed by atoms with Crippen LogP contribution < -0.4 is 0 Å². The van der Waals surface area contributed by atoms with E-state index in [2.05, 4.69) is 11.1 Å². The molecule has 3 heteroatoms. The van der Waals surface area contributed by atoms with Crippen molar-refractivity contribution in [2.24, 2.45) is 5.92 Å². The summed E-state index contributed by atoms with van der Waals surface area (Å²) in [4.78, 5) is 4.04. The number of hydrogen-bond donors (Lipinski definition) is 1. The predicted molar refractivity (Wildman–Crippen MR) is 66.0 cm³/mol. The van der Waals surface area contributed by atoms with E-state index in [0.717, 1.165) is 37.0 Å². The van der Waals surface area contributed by atoms with Crippen molar-refractivity contribution in [2.75, 3.05) is 6.61 Å². The van der Waals surface area contributed by atoms with Crippen LogP contribution in [0.5, 0.6) is 0 Å². The van der Waals surface area contributed by atoms with Crippen LogP contribution in [0, 0.1) is 11.7 Å². The second kappa shape index (κ2) is 5.41. The number of aliphatic hydroxyl groups is 1. The molecule has 1 aliphatic carbocycles.